The number of hydrogen-bond donors (Lipinski definition) is 1. The number of nitrogens with zero attached hydrogens (tertiary/aromatic N) is 2. The van der Waals surface area contributed by atoms with Crippen molar-refractivity contribution in [2.75, 3.05) is 46.4 Å². The molecule has 0 saturated carbocycles. The topological polar surface area (TPSA) is 53.0 Å². The normalized spacial score (nSPS) is 34.9. The third-order valence-electron chi connectivity index (χ3n) is 4.37. The molecule has 0 aromatic rings. The van der Waals surface area contributed by atoms with Gasteiger partial charge in [-0.3, -0.25) is 9.69 Å². The van der Waals surface area contributed by atoms with Gasteiger partial charge in [-0.05, 0) is 26.4 Å². The number of carbonyl (C=O) groups is 1. The molecule has 5 heteroatoms. The van der Waals surface area contributed by atoms with Crippen molar-refractivity contribution in [1.29, 1.82) is 0 Å². The molecule has 0 bridgehead atoms. The van der Waals surface area contributed by atoms with Gasteiger partial charge in [0, 0.05) is 26.2 Å². The van der Waals surface area contributed by atoms with Gasteiger partial charge in [0.2, 0.25) is 0 Å². The van der Waals surface area contributed by atoms with E-state index in [1.165, 1.54) is 0 Å². The van der Waals surface area contributed by atoms with Crippen molar-refractivity contribution in [3.05, 3.63) is 0 Å². The molecule has 2 rings (SSSR count). The van der Waals surface area contributed by atoms with E-state index in [4.69, 9.17) is 4.74 Å². The van der Waals surface area contributed by atoms with Crippen molar-refractivity contribution < 1.29 is 14.6 Å². The second-order valence-corrected chi connectivity index (χ2v) is 5.68. The largest absolute Gasteiger partial charge is 0.481 e. The second kappa shape index (κ2) is 5.55. The Morgan fingerprint density at radius 1 is 1.50 bits per heavy atom. The van der Waals surface area contributed by atoms with E-state index in [1.807, 2.05) is 6.92 Å². The summed E-state index contributed by atoms with van der Waals surface area (Å²) in [5, 5.41) is 9.36. The standard InChI is InChI=1S/C13H24N2O3/c1-3-13(12(16)17)4-5-15(10-13)9-11-8-14(2)6-7-18-11/h11H,3-10H2,1-2H3,(H,16,17). The summed E-state index contributed by atoms with van der Waals surface area (Å²) in [4.78, 5) is 15.9. The third kappa shape index (κ3) is 2.84. The summed E-state index contributed by atoms with van der Waals surface area (Å²) in [6.45, 7) is 7.11. The lowest BCUT2D eigenvalue weighted by Gasteiger charge is -2.33. The Bertz CT molecular complexity index is 311. The summed E-state index contributed by atoms with van der Waals surface area (Å²) in [6.07, 6.45) is 1.70. The van der Waals surface area contributed by atoms with Crippen LogP contribution in [0.25, 0.3) is 0 Å². The van der Waals surface area contributed by atoms with E-state index in [9.17, 15) is 9.90 Å². The Morgan fingerprint density at radius 2 is 2.28 bits per heavy atom. The van der Waals surface area contributed by atoms with E-state index in [-0.39, 0.29) is 6.10 Å². The molecule has 0 aromatic heterocycles. The highest BCUT2D eigenvalue weighted by molar-refractivity contribution is 5.75. The minimum atomic E-state index is -0.644. The van der Waals surface area contributed by atoms with E-state index < -0.39 is 11.4 Å². The van der Waals surface area contributed by atoms with Crippen LogP contribution in [0, 0.1) is 5.41 Å². The lowest BCUT2D eigenvalue weighted by Crippen LogP contribution is -2.46. The molecule has 2 atom stereocenters. The Morgan fingerprint density at radius 3 is 2.83 bits per heavy atom. The Balaban J connectivity index is 1.87. The first-order chi connectivity index (χ1) is 8.55. The van der Waals surface area contributed by atoms with Gasteiger partial charge < -0.3 is 14.7 Å². The van der Waals surface area contributed by atoms with Crippen LogP contribution in [0.3, 0.4) is 0 Å². The highest BCUT2D eigenvalue weighted by atomic mass is 16.5. The number of carboxylic acid groups (broad SMARTS) is 1. The fourth-order valence-electron chi connectivity index (χ4n) is 2.99. The molecule has 1 N–H and O–H groups in total. The van der Waals surface area contributed by atoms with Gasteiger partial charge in [-0.25, -0.2) is 0 Å². The summed E-state index contributed by atoms with van der Waals surface area (Å²) >= 11 is 0. The number of morpholine rings is 1. The van der Waals surface area contributed by atoms with Crippen molar-refractivity contribution >= 4 is 5.97 Å². The number of carboxylic acids is 1. The van der Waals surface area contributed by atoms with Crippen LogP contribution in [0.1, 0.15) is 19.8 Å². The van der Waals surface area contributed by atoms with Crippen LogP contribution < -0.4 is 0 Å². The average Bonchev–Trinajstić information content (AvgIpc) is 2.74. The van der Waals surface area contributed by atoms with E-state index in [0.717, 1.165) is 39.2 Å². The number of rotatable bonds is 4. The molecule has 2 aliphatic rings. The van der Waals surface area contributed by atoms with Gasteiger partial charge >= 0.3 is 5.97 Å². The Hall–Kier alpha value is -0.650. The summed E-state index contributed by atoms with van der Waals surface area (Å²) in [6, 6.07) is 0. The van der Waals surface area contributed by atoms with Crippen LogP contribution >= 0.6 is 0 Å². The fraction of sp³-hybridized carbons (Fsp3) is 0.923. The van der Waals surface area contributed by atoms with Crippen LogP contribution in [0.15, 0.2) is 0 Å². The molecule has 2 aliphatic heterocycles. The first kappa shape index (κ1) is 13.8. The van der Waals surface area contributed by atoms with Gasteiger partial charge in [0.1, 0.15) is 0 Å². The molecule has 2 unspecified atom stereocenters. The first-order valence-corrected chi connectivity index (χ1v) is 6.81. The fourth-order valence-corrected chi connectivity index (χ4v) is 2.99. The number of aliphatic carboxylic acids is 1. The second-order valence-electron chi connectivity index (χ2n) is 5.68. The van der Waals surface area contributed by atoms with E-state index in [0.29, 0.717) is 13.0 Å². The Kier molecular flexibility index (Phi) is 4.25. The molecule has 0 aromatic carbocycles. The molecule has 104 valence electrons. The molecule has 0 aliphatic carbocycles. The third-order valence-corrected chi connectivity index (χ3v) is 4.37. The van der Waals surface area contributed by atoms with Gasteiger partial charge in [-0.1, -0.05) is 6.92 Å². The van der Waals surface area contributed by atoms with Gasteiger partial charge in [0.05, 0.1) is 18.1 Å². The van der Waals surface area contributed by atoms with Crippen LogP contribution in [-0.4, -0.2) is 73.4 Å². The maximum absolute atomic E-state index is 11.4. The van der Waals surface area contributed by atoms with Crippen molar-refractivity contribution in [2.45, 2.75) is 25.9 Å². The highest BCUT2D eigenvalue weighted by Crippen LogP contribution is 2.34. The molecular weight excluding hydrogens is 232 g/mol. The summed E-state index contributed by atoms with van der Waals surface area (Å²) in [5.41, 5.74) is -0.527. The molecule has 2 fully saturated rings. The molecule has 2 heterocycles. The minimum absolute atomic E-state index is 0.227. The predicted octanol–water partition coefficient (Wildman–Crippen LogP) is 0.504. The zero-order valence-electron chi connectivity index (χ0n) is 11.4. The maximum Gasteiger partial charge on any atom is 0.310 e. The molecule has 0 spiro atoms. The van der Waals surface area contributed by atoms with E-state index in [2.05, 4.69) is 16.8 Å². The predicted molar refractivity (Wildman–Crippen MR) is 68.7 cm³/mol. The molecule has 2 saturated heterocycles. The summed E-state index contributed by atoms with van der Waals surface area (Å²) < 4.78 is 5.74. The van der Waals surface area contributed by atoms with Gasteiger partial charge in [-0.2, -0.15) is 0 Å². The smallest absolute Gasteiger partial charge is 0.310 e. The summed E-state index contributed by atoms with van der Waals surface area (Å²) in [5.74, 6) is -0.644. The maximum atomic E-state index is 11.4. The quantitative estimate of drug-likeness (QED) is 0.794. The monoisotopic (exact) mass is 256 g/mol. The zero-order chi connectivity index (χ0) is 13.2. The highest BCUT2D eigenvalue weighted by Gasteiger charge is 2.43. The molecule has 0 amide bonds. The van der Waals surface area contributed by atoms with Gasteiger partial charge in [0.25, 0.3) is 0 Å². The van der Waals surface area contributed by atoms with Crippen molar-refractivity contribution in [3.8, 4) is 0 Å². The first-order valence-electron chi connectivity index (χ1n) is 6.81. The van der Waals surface area contributed by atoms with Gasteiger partial charge in [0.15, 0.2) is 0 Å². The minimum Gasteiger partial charge on any atom is -0.481 e. The number of hydrogen-bond acceptors (Lipinski definition) is 4. The van der Waals surface area contributed by atoms with Crippen molar-refractivity contribution in [3.63, 3.8) is 0 Å². The van der Waals surface area contributed by atoms with Crippen molar-refractivity contribution in [1.82, 2.24) is 9.80 Å². The number of ether oxygens (including phenoxy) is 1. The zero-order valence-corrected chi connectivity index (χ0v) is 11.4. The summed E-state index contributed by atoms with van der Waals surface area (Å²) in [7, 11) is 2.10. The number of likely N-dealkylation sites (tertiary alicyclic amines) is 1. The van der Waals surface area contributed by atoms with Crippen LogP contribution in [0.4, 0.5) is 0 Å². The lowest BCUT2D eigenvalue weighted by atomic mass is 9.84. The SMILES string of the molecule is CCC1(C(=O)O)CCN(CC2CN(C)CCO2)C1. The van der Waals surface area contributed by atoms with Crippen LogP contribution in [0.2, 0.25) is 0 Å². The van der Waals surface area contributed by atoms with Crippen LogP contribution in [0.5, 0.6) is 0 Å². The molecular formula is C13H24N2O3. The molecule has 5 nitrogen and oxygen atoms in total. The molecule has 0 radical (unpaired) electrons. The lowest BCUT2D eigenvalue weighted by molar-refractivity contribution is -0.148. The van der Waals surface area contributed by atoms with E-state index in [1.54, 1.807) is 0 Å². The average molecular weight is 256 g/mol. The molecule has 18 heavy (non-hydrogen) atoms. The van der Waals surface area contributed by atoms with Gasteiger partial charge in [-0.15, -0.1) is 0 Å². The van der Waals surface area contributed by atoms with Crippen molar-refractivity contribution in [2.24, 2.45) is 5.41 Å². The number of likely N-dealkylation sites (N-methyl/N-ethyl adjacent to an activating group) is 1. The Labute approximate surface area is 109 Å². The van der Waals surface area contributed by atoms with Crippen LogP contribution in [-0.2, 0) is 9.53 Å². The van der Waals surface area contributed by atoms with E-state index >= 15 is 0 Å².